The van der Waals surface area contributed by atoms with Gasteiger partial charge in [0.2, 0.25) is 0 Å². The number of halogens is 6. The zero-order chi connectivity index (χ0) is 2.71. The maximum Gasteiger partial charge on any atom is 0 e. The molecule has 0 amide bonds. The van der Waals surface area contributed by atoms with Crippen LogP contribution in [0.25, 0.3) is 0 Å². The van der Waals surface area contributed by atoms with Gasteiger partial charge in [-0.25, -0.2) is 0 Å². The zero-order valence-corrected chi connectivity index (χ0v) is 14.2. The van der Waals surface area contributed by atoms with Gasteiger partial charge in [0.05, 0.1) is 0 Å². The Kier molecular flexibility index (Phi) is 246. The van der Waals surface area contributed by atoms with Crippen LogP contribution in [0.1, 0.15) is 0 Å². The Morgan fingerprint density at radius 2 is 0.750 bits per heavy atom. The molecule has 0 aliphatic heterocycles. The molecule has 0 bridgehead atoms. The van der Waals surface area contributed by atoms with E-state index in [-0.39, 0.29) is 75.5 Å². The third kappa shape index (κ3) is 56.1. The summed E-state index contributed by atoms with van der Waals surface area (Å²) in [5.41, 5.74) is 0. The van der Waals surface area contributed by atoms with Gasteiger partial charge in [-0.15, -0.1) is 49.6 Å². The number of hydrogen-bond acceptors (Lipinski definition) is 0. The topological polar surface area (TPSA) is 0 Å². The van der Waals surface area contributed by atoms with Crippen LogP contribution < -0.4 is 0 Å². The molecule has 0 unspecified atom stereocenters. The van der Waals surface area contributed by atoms with E-state index in [0.29, 0.717) is 0 Å². The first-order valence-corrected chi connectivity index (χ1v) is 6.71. The maximum atomic E-state index is 4.93. The van der Waals surface area contributed by atoms with Crippen molar-refractivity contribution in [1.82, 2.24) is 0 Å². The van der Waals surface area contributed by atoms with Gasteiger partial charge < -0.3 is 0 Å². The number of hydrogen-bond donors (Lipinski definition) is 0. The zero-order valence-electron chi connectivity index (χ0n) is 3.39. The molecule has 0 spiro atoms. The fraction of sp³-hybridized carbons (Fsp3) is 0. The van der Waals surface area contributed by atoms with Crippen molar-refractivity contribution in [2.24, 2.45) is 0 Å². The molecule has 0 aliphatic carbocycles. The van der Waals surface area contributed by atoms with Gasteiger partial charge in [-0.3, -0.25) is 0 Å². The van der Waals surface area contributed by atoms with Crippen LogP contribution in [0, 0.1) is 0 Å². The van der Waals surface area contributed by atoms with Crippen LogP contribution in [0.3, 0.4) is 0 Å². The summed E-state index contributed by atoms with van der Waals surface area (Å²) in [6, 6.07) is 0. The number of rotatable bonds is 0. The molecule has 0 aromatic carbocycles. The minimum absolute atomic E-state index is 0. The van der Waals surface area contributed by atoms with E-state index in [1.54, 1.807) is 0 Å². The normalized spacial score (nSPS) is 1.75. The van der Waals surface area contributed by atoms with Crippen molar-refractivity contribution in [2.75, 3.05) is 0 Å². The standard InChI is InChI=1S/6ClH.Hf.Zr/h6*1H;;/q;;;;;;;+2/p-2. The minimum Gasteiger partial charge on any atom is 0 e. The summed E-state index contributed by atoms with van der Waals surface area (Å²) < 4.78 is 0. The Morgan fingerprint density at radius 1 is 0.750 bits per heavy atom. The summed E-state index contributed by atoms with van der Waals surface area (Å²) in [6.45, 7) is 0. The predicted octanol–water partition coefficient (Wildman–Crippen LogP) is 3.06. The molecule has 0 fully saturated rings. The molecule has 0 saturated heterocycles. The van der Waals surface area contributed by atoms with Gasteiger partial charge in [0.1, 0.15) is 0 Å². The first kappa shape index (κ1) is 41.9. The Hall–Kier alpha value is 3.49. The van der Waals surface area contributed by atoms with Crippen LogP contribution >= 0.6 is 66.7 Å². The van der Waals surface area contributed by atoms with E-state index in [0.717, 1.165) is 0 Å². The van der Waals surface area contributed by atoms with Crippen molar-refractivity contribution in [3.05, 3.63) is 0 Å². The second-order valence-electron chi connectivity index (χ2n) is 0.0714. The first-order chi connectivity index (χ1) is 1.41. The van der Waals surface area contributed by atoms with Crippen LogP contribution in [0.15, 0.2) is 0 Å². The van der Waals surface area contributed by atoms with Crippen LogP contribution in [-0.2, 0) is 46.7 Å². The van der Waals surface area contributed by atoms with Gasteiger partial charge in [-0.05, 0) is 0 Å². The quantitative estimate of drug-likeness (QED) is 0.462. The maximum absolute atomic E-state index is 4.93. The summed E-state index contributed by atoms with van der Waals surface area (Å²) in [4.78, 5) is 0. The Bertz CT molecular complexity index is 8.49. The van der Waals surface area contributed by atoms with Gasteiger partial charge in [-0.1, -0.05) is 0 Å². The molecule has 8 heavy (non-hydrogen) atoms. The molecule has 0 saturated carbocycles. The largest absolute Gasteiger partial charge is 0 e. The summed E-state index contributed by atoms with van der Waals surface area (Å²) in [7, 11) is 9.87. The van der Waals surface area contributed by atoms with E-state index in [4.69, 9.17) is 17.0 Å². The summed E-state index contributed by atoms with van der Waals surface area (Å²) in [5.74, 6) is 0. The van der Waals surface area contributed by atoms with Crippen molar-refractivity contribution in [1.29, 1.82) is 0 Å². The molecular formula is H4Cl6HfZr. The van der Waals surface area contributed by atoms with E-state index >= 15 is 0 Å². The van der Waals surface area contributed by atoms with Crippen LogP contribution in [-0.4, -0.2) is 0 Å². The molecule has 0 aliphatic rings. The average Bonchev–Trinajstić information content (AvgIpc) is 0.918. The molecule has 54 valence electrons. The molecule has 8 heteroatoms. The van der Waals surface area contributed by atoms with Gasteiger partial charge in [-0.2, -0.15) is 0 Å². The van der Waals surface area contributed by atoms with E-state index < -0.39 is 20.8 Å². The van der Waals surface area contributed by atoms with Crippen molar-refractivity contribution in [3.63, 3.8) is 0 Å². The fourth-order valence-electron chi connectivity index (χ4n) is 0. The second kappa shape index (κ2) is 46.8. The molecule has 0 nitrogen and oxygen atoms in total. The Morgan fingerprint density at radius 3 is 0.750 bits per heavy atom. The van der Waals surface area contributed by atoms with Gasteiger partial charge in [0.15, 0.2) is 0 Å². The molecule has 0 radical (unpaired) electrons. The van der Waals surface area contributed by atoms with Crippen LogP contribution in [0.2, 0.25) is 0 Å². The molecule has 0 heterocycles. The minimum atomic E-state index is -0.826. The third-order valence-corrected chi connectivity index (χ3v) is 0. The fourth-order valence-corrected chi connectivity index (χ4v) is 0. The van der Waals surface area contributed by atoms with E-state index in [9.17, 15) is 0 Å². The van der Waals surface area contributed by atoms with Crippen LogP contribution in [0.4, 0.5) is 0 Å². The molecule has 0 atom stereocenters. The van der Waals surface area contributed by atoms with Gasteiger partial charge >= 0.3 is 37.9 Å². The second-order valence-corrected chi connectivity index (χ2v) is 3.80. The van der Waals surface area contributed by atoms with Gasteiger partial charge in [0.25, 0.3) is 0 Å². The third-order valence-electron chi connectivity index (χ3n) is 0. The van der Waals surface area contributed by atoms with Crippen molar-refractivity contribution < 1.29 is 46.7 Å². The molecule has 0 aromatic heterocycles. The first-order valence-electron chi connectivity index (χ1n) is 0.378. The SMILES string of the molecule is Cl.Cl.Cl.Cl.[Cl][Zr][Cl].[Hf]. The average molecular weight is 486 g/mol. The summed E-state index contributed by atoms with van der Waals surface area (Å²) in [6.07, 6.45) is 0. The Labute approximate surface area is 111 Å². The van der Waals surface area contributed by atoms with Crippen molar-refractivity contribution in [2.45, 2.75) is 0 Å². The van der Waals surface area contributed by atoms with Gasteiger partial charge in [0, 0.05) is 25.8 Å². The Balaban J connectivity index is -0.00000000200. The smallest absolute Gasteiger partial charge is 0 e. The molecular weight excluding hydrogens is 482 g/mol. The van der Waals surface area contributed by atoms with Crippen LogP contribution in [0.5, 0.6) is 0 Å². The predicted molar refractivity (Wildman–Crippen MR) is 40.7 cm³/mol. The van der Waals surface area contributed by atoms with Crippen molar-refractivity contribution >= 4 is 66.7 Å². The summed E-state index contributed by atoms with van der Waals surface area (Å²) >= 11 is -0.826. The monoisotopic (exact) mass is 484 g/mol. The summed E-state index contributed by atoms with van der Waals surface area (Å²) in [5, 5.41) is 0. The molecule has 0 rings (SSSR count). The van der Waals surface area contributed by atoms with Crippen molar-refractivity contribution in [3.8, 4) is 0 Å². The van der Waals surface area contributed by atoms with E-state index in [1.807, 2.05) is 0 Å². The van der Waals surface area contributed by atoms with E-state index in [2.05, 4.69) is 0 Å². The molecule has 0 N–H and O–H groups in total. The molecule has 0 aromatic rings. The van der Waals surface area contributed by atoms with E-state index in [1.165, 1.54) is 0 Å².